The van der Waals surface area contributed by atoms with Crippen LogP contribution in [0.15, 0.2) is 0 Å². The van der Waals surface area contributed by atoms with Crippen molar-refractivity contribution in [1.29, 1.82) is 0 Å². The van der Waals surface area contributed by atoms with Gasteiger partial charge < -0.3 is 9.47 Å². The van der Waals surface area contributed by atoms with Gasteiger partial charge in [-0.05, 0) is 31.6 Å². The van der Waals surface area contributed by atoms with E-state index in [4.69, 9.17) is 9.47 Å². The second kappa shape index (κ2) is 4.77. The summed E-state index contributed by atoms with van der Waals surface area (Å²) in [6, 6.07) is 0. The van der Waals surface area contributed by atoms with Gasteiger partial charge >= 0.3 is 5.97 Å². The van der Waals surface area contributed by atoms with Crippen LogP contribution in [0, 0.1) is 5.92 Å². The zero-order chi connectivity index (χ0) is 12.5. The van der Waals surface area contributed by atoms with Crippen molar-refractivity contribution >= 4 is 11.8 Å². The SMILES string of the molecule is COC12CCC(=O)C[C@H]1CCC[C@H]2OC(C)=O. The average molecular weight is 240 g/mol. The van der Waals surface area contributed by atoms with Crippen molar-refractivity contribution in [3.63, 3.8) is 0 Å². The Labute approximate surface area is 102 Å². The zero-order valence-electron chi connectivity index (χ0n) is 10.5. The quantitative estimate of drug-likeness (QED) is 0.691. The van der Waals surface area contributed by atoms with Gasteiger partial charge in [0.2, 0.25) is 0 Å². The molecule has 0 heterocycles. The molecule has 0 aromatic heterocycles. The topological polar surface area (TPSA) is 52.6 Å². The van der Waals surface area contributed by atoms with Crippen molar-refractivity contribution < 1.29 is 19.1 Å². The molecule has 0 aromatic rings. The van der Waals surface area contributed by atoms with Gasteiger partial charge in [-0.25, -0.2) is 0 Å². The monoisotopic (exact) mass is 240 g/mol. The molecule has 2 fully saturated rings. The first kappa shape index (κ1) is 12.6. The molecule has 4 heteroatoms. The summed E-state index contributed by atoms with van der Waals surface area (Å²) in [6.45, 7) is 1.43. The van der Waals surface area contributed by atoms with Crippen molar-refractivity contribution in [1.82, 2.24) is 0 Å². The van der Waals surface area contributed by atoms with E-state index in [0.717, 1.165) is 19.3 Å². The van der Waals surface area contributed by atoms with Gasteiger partial charge in [-0.1, -0.05) is 0 Å². The standard InChI is InChI=1S/C13H20O4/c1-9(14)17-12-5-3-4-10-8-11(15)6-7-13(10,12)16-2/h10,12H,3-8H2,1-2H3/t10-,12-,13?/m1/s1. The number of carbonyl (C=O) groups is 2. The van der Waals surface area contributed by atoms with Gasteiger partial charge in [-0.15, -0.1) is 0 Å². The third-order valence-electron chi connectivity index (χ3n) is 4.21. The predicted octanol–water partition coefficient (Wildman–Crippen LogP) is 1.86. The summed E-state index contributed by atoms with van der Waals surface area (Å²) >= 11 is 0. The number of ether oxygens (including phenoxy) is 2. The van der Waals surface area contributed by atoms with Gasteiger partial charge in [-0.3, -0.25) is 9.59 Å². The van der Waals surface area contributed by atoms with Gasteiger partial charge in [0.15, 0.2) is 0 Å². The smallest absolute Gasteiger partial charge is 0.303 e. The molecule has 0 radical (unpaired) electrons. The summed E-state index contributed by atoms with van der Waals surface area (Å²) in [5, 5.41) is 0. The predicted molar refractivity (Wildman–Crippen MR) is 61.5 cm³/mol. The van der Waals surface area contributed by atoms with E-state index >= 15 is 0 Å². The molecule has 0 aromatic carbocycles. The molecule has 1 unspecified atom stereocenters. The summed E-state index contributed by atoms with van der Waals surface area (Å²) in [5.41, 5.74) is -0.419. The van der Waals surface area contributed by atoms with E-state index in [1.54, 1.807) is 7.11 Å². The highest BCUT2D eigenvalue weighted by Gasteiger charge is 2.52. The van der Waals surface area contributed by atoms with Crippen LogP contribution in [-0.2, 0) is 19.1 Å². The van der Waals surface area contributed by atoms with Crippen LogP contribution in [0.25, 0.3) is 0 Å². The molecule has 2 aliphatic rings. The molecule has 2 saturated carbocycles. The van der Waals surface area contributed by atoms with Crippen LogP contribution < -0.4 is 0 Å². The number of rotatable bonds is 2. The highest BCUT2D eigenvalue weighted by atomic mass is 16.6. The van der Waals surface area contributed by atoms with E-state index < -0.39 is 5.60 Å². The Balaban J connectivity index is 2.21. The van der Waals surface area contributed by atoms with Gasteiger partial charge in [0.1, 0.15) is 17.5 Å². The maximum atomic E-state index is 11.5. The van der Waals surface area contributed by atoms with E-state index in [9.17, 15) is 9.59 Å². The first-order valence-corrected chi connectivity index (χ1v) is 6.32. The van der Waals surface area contributed by atoms with Crippen molar-refractivity contribution in [3.05, 3.63) is 0 Å². The molecule has 96 valence electrons. The first-order chi connectivity index (χ1) is 8.08. The minimum absolute atomic E-state index is 0.183. The van der Waals surface area contributed by atoms with E-state index in [1.165, 1.54) is 6.92 Å². The maximum absolute atomic E-state index is 11.5. The molecule has 0 N–H and O–H groups in total. The Morgan fingerprint density at radius 1 is 1.41 bits per heavy atom. The highest BCUT2D eigenvalue weighted by molar-refractivity contribution is 5.80. The van der Waals surface area contributed by atoms with Gasteiger partial charge in [0.05, 0.1) is 0 Å². The van der Waals surface area contributed by atoms with Crippen LogP contribution in [0.4, 0.5) is 0 Å². The Kier molecular flexibility index (Phi) is 3.52. The molecule has 0 bridgehead atoms. The first-order valence-electron chi connectivity index (χ1n) is 6.32. The van der Waals surface area contributed by atoms with E-state index in [2.05, 4.69) is 0 Å². The molecule has 4 nitrogen and oxygen atoms in total. The van der Waals surface area contributed by atoms with E-state index in [0.29, 0.717) is 25.0 Å². The zero-order valence-corrected chi connectivity index (χ0v) is 10.5. The fourth-order valence-electron chi connectivity index (χ4n) is 3.41. The molecular formula is C13H20O4. The molecular weight excluding hydrogens is 220 g/mol. The number of Topliss-reactive ketones (excluding diaryl/α,β-unsaturated/α-hetero) is 1. The molecule has 0 amide bonds. The summed E-state index contributed by atoms with van der Waals surface area (Å²) in [6.07, 6.45) is 4.46. The van der Waals surface area contributed by atoms with Crippen molar-refractivity contribution in [2.24, 2.45) is 5.92 Å². The third-order valence-corrected chi connectivity index (χ3v) is 4.21. The highest BCUT2D eigenvalue weighted by Crippen LogP contribution is 2.46. The largest absolute Gasteiger partial charge is 0.459 e. The van der Waals surface area contributed by atoms with Crippen molar-refractivity contribution in [2.75, 3.05) is 7.11 Å². The summed E-state index contributed by atoms with van der Waals surface area (Å²) in [7, 11) is 1.67. The number of hydrogen-bond acceptors (Lipinski definition) is 4. The number of esters is 1. The van der Waals surface area contributed by atoms with Crippen LogP contribution in [0.2, 0.25) is 0 Å². The lowest BCUT2D eigenvalue weighted by atomic mass is 9.65. The lowest BCUT2D eigenvalue weighted by Gasteiger charge is -2.49. The Hall–Kier alpha value is -0.900. The van der Waals surface area contributed by atoms with E-state index in [-0.39, 0.29) is 18.0 Å². The minimum atomic E-state index is -0.419. The number of methoxy groups -OCH3 is 1. The normalized spacial score (nSPS) is 37.4. The average Bonchev–Trinajstić information content (AvgIpc) is 2.28. The van der Waals surface area contributed by atoms with Crippen LogP contribution in [0.3, 0.4) is 0 Å². The maximum Gasteiger partial charge on any atom is 0.303 e. The van der Waals surface area contributed by atoms with E-state index in [1.807, 2.05) is 0 Å². The number of fused-ring (bicyclic) bond motifs is 1. The van der Waals surface area contributed by atoms with Crippen LogP contribution in [0.1, 0.15) is 45.4 Å². The lowest BCUT2D eigenvalue weighted by molar-refractivity contribution is -0.198. The molecule has 0 aliphatic heterocycles. The summed E-state index contributed by atoms with van der Waals surface area (Å²) < 4.78 is 11.1. The Morgan fingerprint density at radius 2 is 2.18 bits per heavy atom. The third kappa shape index (κ3) is 2.23. The molecule has 17 heavy (non-hydrogen) atoms. The Morgan fingerprint density at radius 3 is 2.82 bits per heavy atom. The van der Waals surface area contributed by atoms with Crippen molar-refractivity contribution in [2.45, 2.75) is 57.2 Å². The van der Waals surface area contributed by atoms with Crippen molar-refractivity contribution in [3.8, 4) is 0 Å². The molecule has 0 saturated heterocycles. The molecule has 3 atom stereocenters. The van der Waals surface area contributed by atoms with Crippen LogP contribution in [-0.4, -0.2) is 30.6 Å². The number of ketones is 1. The van der Waals surface area contributed by atoms with Gasteiger partial charge in [0, 0.05) is 26.9 Å². The van der Waals surface area contributed by atoms with Crippen LogP contribution in [0.5, 0.6) is 0 Å². The lowest BCUT2D eigenvalue weighted by Crippen LogP contribution is -2.57. The summed E-state index contributed by atoms with van der Waals surface area (Å²) in [5.74, 6) is 0.266. The fourth-order valence-corrected chi connectivity index (χ4v) is 3.41. The second-order valence-electron chi connectivity index (χ2n) is 5.13. The molecule has 2 aliphatic carbocycles. The number of carbonyl (C=O) groups excluding carboxylic acids is 2. The number of hydrogen-bond donors (Lipinski definition) is 0. The minimum Gasteiger partial charge on any atom is -0.459 e. The Bertz CT molecular complexity index is 325. The summed E-state index contributed by atoms with van der Waals surface area (Å²) in [4.78, 5) is 22.7. The fraction of sp³-hybridized carbons (Fsp3) is 0.846. The second-order valence-corrected chi connectivity index (χ2v) is 5.13. The molecule has 2 rings (SSSR count). The van der Waals surface area contributed by atoms with Gasteiger partial charge in [0.25, 0.3) is 0 Å². The molecule has 0 spiro atoms. The van der Waals surface area contributed by atoms with Crippen LogP contribution >= 0.6 is 0 Å². The van der Waals surface area contributed by atoms with Gasteiger partial charge in [-0.2, -0.15) is 0 Å².